The second-order valence-electron chi connectivity index (χ2n) is 4.89. The highest BCUT2D eigenvalue weighted by atomic mass is 15.3. The summed E-state index contributed by atoms with van der Waals surface area (Å²) in [5.74, 6) is 1.15. The fourth-order valence-electron chi connectivity index (χ4n) is 2.45. The van der Waals surface area contributed by atoms with Crippen molar-refractivity contribution in [1.29, 1.82) is 0 Å². The van der Waals surface area contributed by atoms with Crippen LogP contribution >= 0.6 is 0 Å². The summed E-state index contributed by atoms with van der Waals surface area (Å²) in [6.45, 7) is 5.13. The Morgan fingerprint density at radius 1 is 1.41 bits per heavy atom. The highest BCUT2D eigenvalue weighted by Gasteiger charge is 2.23. The second-order valence-corrected chi connectivity index (χ2v) is 4.89. The van der Waals surface area contributed by atoms with E-state index in [1.165, 1.54) is 0 Å². The molecule has 2 rings (SSSR count). The Kier molecular flexibility index (Phi) is 4.15. The largest absolute Gasteiger partial charge is 0.338 e. The lowest BCUT2D eigenvalue weighted by molar-refractivity contribution is 0.0949. The van der Waals surface area contributed by atoms with E-state index in [4.69, 9.17) is 5.73 Å². The summed E-state index contributed by atoms with van der Waals surface area (Å²) in [6.07, 6.45) is 4.86. The third-order valence-corrected chi connectivity index (χ3v) is 3.62. The lowest BCUT2D eigenvalue weighted by Gasteiger charge is -2.39. The van der Waals surface area contributed by atoms with Gasteiger partial charge in [0.05, 0.1) is 0 Å². The van der Waals surface area contributed by atoms with E-state index in [1.807, 2.05) is 19.4 Å². The third kappa shape index (κ3) is 3.06. The average molecular weight is 237 g/mol. The molecule has 5 nitrogen and oxygen atoms in total. The minimum atomic E-state index is 0.494. The van der Waals surface area contributed by atoms with Gasteiger partial charge >= 0.3 is 0 Å². The number of likely N-dealkylation sites (N-methyl/N-ethyl adjacent to an activating group) is 1. The lowest BCUT2D eigenvalue weighted by Crippen LogP contribution is -2.55. The van der Waals surface area contributed by atoms with Gasteiger partial charge in [0, 0.05) is 64.6 Å². The molecule has 1 unspecified atom stereocenters. The summed E-state index contributed by atoms with van der Waals surface area (Å²) in [6, 6.07) is 0.494. The first-order valence-electron chi connectivity index (χ1n) is 6.29. The fourth-order valence-corrected chi connectivity index (χ4v) is 2.45. The van der Waals surface area contributed by atoms with Gasteiger partial charge in [-0.05, 0) is 7.05 Å². The highest BCUT2D eigenvalue weighted by Crippen LogP contribution is 2.08. The van der Waals surface area contributed by atoms with E-state index in [9.17, 15) is 0 Å². The van der Waals surface area contributed by atoms with E-state index in [1.54, 1.807) is 0 Å². The Morgan fingerprint density at radius 2 is 2.24 bits per heavy atom. The molecule has 0 bridgehead atoms. The quantitative estimate of drug-likeness (QED) is 0.770. The Bertz CT molecular complexity index is 348. The molecule has 1 fully saturated rings. The van der Waals surface area contributed by atoms with E-state index in [2.05, 4.69) is 26.4 Å². The second kappa shape index (κ2) is 5.62. The molecule has 0 amide bonds. The van der Waals surface area contributed by atoms with Crippen LogP contribution in [0.1, 0.15) is 5.82 Å². The molecule has 0 radical (unpaired) electrons. The van der Waals surface area contributed by atoms with E-state index in [-0.39, 0.29) is 0 Å². The molecule has 2 heterocycles. The normalized spacial score (nSPS) is 23.1. The summed E-state index contributed by atoms with van der Waals surface area (Å²) < 4.78 is 2.09. The number of hydrogen-bond acceptors (Lipinski definition) is 4. The molecule has 1 atom stereocenters. The maximum Gasteiger partial charge on any atom is 0.109 e. The first-order chi connectivity index (χ1) is 8.20. The van der Waals surface area contributed by atoms with Crippen LogP contribution in [0.2, 0.25) is 0 Å². The molecule has 1 saturated heterocycles. The van der Waals surface area contributed by atoms with Crippen molar-refractivity contribution in [2.24, 2.45) is 12.8 Å². The number of rotatable bonds is 4. The molecule has 1 aliphatic heterocycles. The number of hydrogen-bond donors (Lipinski definition) is 1. The monoisotopic (exact) mass is 237 g/mol. The van der Waals surface area contributed by atoms with Gasteiger partial charge in [0.1, 0.15) is 5.82 Å². The molecule has 17 heavy (non-hydrogen) atoms. The number of aryl methyl sites for hydroxylation is 1. The zero-order valence-corrected chi connectivity index (χ0v) is 10.8. The van der Waals surface area contributed by atoms with Crippen molar-refractivity contribution in [2.75, 3.05) is 39.8 Å². The Morgan fingerprint density at radius 3 is 2.88 bits per heavy atom. The number of nitrogens with two attached hydrogens (primary N) is 1. The minimum absolute atomic E-state index is 0.494. The van der Waals surface area contributed by atoms with Crippen molar-refractivity contribution >= 4 is 0 Å². The molecule has 0 spiro atoms. The smallest absolute Gasteiger partial charge is 0.109 e. The summed E-state index contributed by atoms with van der Waals surface area (Å²) in [7, 11) is 4.21. The first-order valence-corrected chi connectivity index (χ1v) is 6.29. The molecule has 5 heteroatoms. The predicted molar refractivity (Wildman–Crippen MR) is 68.8 cm³/mol. The van der Waals surface area contributed by atoms with Gasteiger partial charge in [0.2, 0.25) is 0 Å². The summed E-state index contributed by atoms with van der Waals surface area (Å²) in [5.41, 5.74) is 5.85. The lowest BCUT2D eigenvalue weighted by atomic mass is 10.1. The van der Waals surface area contributed by atoms with Gasteiger partial charge < -0.3 is 15.2 Å². The average Bonchev–Trinajstić information content (AvgIpc) is 2.73. The van der Waals surface area contributed by atoms with E-state index < -0.39 is 0 Å². The molecule has 96 valence electrons. The van der Waals surface area contributed by atoms with Crippen LogP contribution in [-0.2, 0) is 13.5 Å². The topological polar surface area (TPSA) is 50.3 Å². The van der Waals surface area contributed by atoms with Crippen LogP contribution in [0.15, 0.2) is 12.4 Å². The van der Waals surface area contributed by atoms with Crippen LogP contribution in [-0.4, -0.2) is 65.2 Å². The summed E-state index contributed by atoms with van der Waals surface area (Å²) >= 11 is 0. The van der Waals surface area contributed by atoms with Gasteiger partial charge in [0.25, 0.3) is 0 Å². The van der Waals surface area contributed by atoms with Gasteiger partial charge in [-0.25, -0.2) is 4.98 Å². The molecule has 1 aromatic heterocycles. The van der Waals surface area contributed by atoms with Gasteiger partial charge in [-0.1, -0.05) is 0 Å². The summed E-state index contributed by atoms with van der Waals surface area (Å²) in [5, 5.41) is 0. The molecule has 1 aliphatic rings. The molecule has 0 aliphatic carbocycles. The number of aromatic nitrogens is 2. The van der Waals surface area contributed by atoms with Crippen LogP contribution in [0.25, 0.3) is 0 Å². The van der Waals surface area contributed by atoms with Crippen molar-refractivity contribution in [1.82, 2.24) is 19.4 Å². The molecular formula is C12H23N5. The van der Waals surface area contributed by atoms with E-state index in [0.29, 0.717) is 6.04 Å². The standard InChI is InChI=1S/C12H23N5/c1-15-7-8-17(11(9-13)10-15)5-3-12-14-4-6-16(12)2/h4,6,11H,3,5,7-10,13H2,1-2H3. The van der Waals surface area contributed by atoms with E-state index in [0.717, 1.165) is 45.0 Å². The maximum atomic E-state index is 5.85. The zero-order chi connectivity index (χ0) is 12.3. The van der Waals surface area contributed by atoms with Gasteiger partial charge in [-0.3, -0.25) is 4.90 Å². The molecular weight excluding hydrogens is 214 g/mol. The van der Waals surface area contributed by atoms with Crippen LogP contribution in [0.5, 0.6) is 0 Å². The van der Waals surface area contributed by atoms with Crippen LogP contribution in [0.3, 0.4) is 0 Å². The molecule has 1 aromatic rings. The van der Waals surface area contributed by atoms with E-state index >= 15 is 0 Å². The van der Waals surface area contributed by atoms with Crippen LogP contribution in [0, 0.1) is 0 Å². The SMILES string of the molecule is CN1CCN(CCc2nccn2C)C(CN)C1. The van der Waals surface area contributed by atoms with Crippen LogP contribution < -0.4 is 5.73 Å². The Hall–Kier alpha value is -0.910. The van der Waals surface area contributed by atoms with Crippen molar-refractivity contribution in [3.63, 3.8) is 0 Å². The predicted octanol–water partition coefficient (Wildman–Crippen LogP) is -0.463. The molecule has 2 N–H and O–H groups in total. The van der Waals surface area contributed by atoms with Gasteiger partial charge in [-0.2, -0.15) is 0 Å². The molecule has 0 saturated carbocycles. The first kappa shape index (κ1) is 12.5. The fraction of sp³-hybridized carbons (Fsp3) is 0.750. The summed E-state index contributed by atoms with van der Waals surface area (Å²) in [4.78, 5) is 9.21. The maximum absolute atomic E-state index is 5.85. The molecule has 0 aromatic carbocycles. The van der Waals surface area contributed by atoms with Gasteiger partial charge in [-0.15, -0.1) is 0 Å². The number of piperazine rings is 1. The van der Waals surface area contributed by atoms with Crippen molar-refractivity contribution in [3.8, 4) is 0 Å². The minimum Gasteiger partial charge on any atom is -0.338 e. The van der Waals surface area contributed by atoms with Crippen molar-refractivity contribution in [2.45, 2.75) is 12.5 Å². The van der Waals surface area contributed by atoms with Crippen LogP contribution in [0.4, 0.5) is 0 Å². The van der Waals surface area contributed by atoms with Crippen molar-refractivity contribution < 1.29 is 0 Å². The van der Waals surface area contributed by atoms with Gasteiger partial charge in [0.15, 0.2) is 0 Å². The van der Waals surface area contributed by atoms with Crippen molar-refractivity contribution in [3.05, 3.63) is 18.2 Å². The highest BCUT2D eigenvalue weighted by molar-refractivity contribution is 4.93. The number of imidazole rings is 1. The number of nitrogens with zero attached hydrogens (tertiary/aromatic N) is 4. The Labute approximate surface area is 103 Å². The third-order valence-electron chi connectivity index (χ3n) is 3.62. The zero-order valence-electron chi connectivity index (χ0n) is 10.8. The Balaban J connectivity index is 1.87.